The van der Waals surface area contributed by atoms with Crippen LogP contribution in [0, 0.1) is 27.7 Å². The maximum absolute atomic E-state index is 5.54. The Labute approximate surface area is 130 Å². The summed E-state index contributed by atoms with van der Waals surface area (Å²) in [5, 5.41) is 4.65. The van der Waals surface area contributed by atoms with Gasteiger partial charge in [-0.2, -0.15) is 16.9 Å². The van der Waals surface area contributed by atoms with Crippen LogP contribution in [0.15, 0.2) is 12.3 Å². The Morgan fingerprint density at radius 3 is 2.52 bits per heavy atom. The Bertz CT molecular complexity index is 637. The van der Waals surface area contributed by atoms with Gasteiger partial charge in [0.25, 0.3) is 0 Å². The molecule has 2 aromatic rings. The first kappa shape index (κ1) is 15.9. The van der Waals surface area contributed by atoms with Crippen molar-refractivity contribution in [1.82, 2.24) is 14.8 Å². The number of methoxy groups -OCH3 is 1. The summed E-state index contributed by atoms with van der Waals surface area (Å²) in [6.07, 6.45) is 4.00. The van der Waals surface area contributed by atoms with Crippen molar-refractivity contribution in [2.45, 2.75) is 33.7 Å². The minimum Gasteiger partial charge on any atom is -0.496 e. The molecule has 0 saturated heterocycles. The topological polar surface area (TPSA) is 39.9 Å². The van der Waals surface area contributed by atoms with Crippen molar-refractivity contribution in [3.8, 4) is 5.75 Å². The number of thioether (sulfide) groups is 1. The lowest BCUT2D eigenvalue weighted by atomic mass is 10.1. The van der Waals surface area contributed by atoms with Crippen molar-refractivity contribution in [3.63, 3.8) is 0 Å². The standard InChI is InChI=1S/C16H23N3OS/c1-10-8-17-15(13(4)16(10)20-5)14(9-21-6)19-12(3)7-11(2)18-19/h7-8,14H,9H2,1-6H3/t14-/m0/s1. The molecule has 0 aliphatic carbocycles. The molecule has 0 aromatic carbocycles. The molecule has 0 aliphatic heterocycles. The number of hydrogen-bond acceptors (Lipinski definition) is 4. The lowest BCUT2D eigenvalue weighted by Crippen LogP contribution is -2.19. The van der Waals surface area contributed by atoms with Gasteiger partial charge >= 0.3 is 0 Å². The van der Waals surface area contributed by atoms with Crippen molar-refractivity contribution < 1.29 is 4.74 Å². The zero-order chi connectivity index (χ0) is 15.6. The Morgan fingerprint density at radius 1 is 1.29 bits per heavy atom. The smallest absolute Gasteiger partial charge is 0.128 e. The van der Waals surface area contributed by atoms with Crippen molar-refractivity contribution in [1.29, 1.82) is 0 Å². The number of rotatable bonds is 5. The molecule has 2 heterocycles. The fourth-order valence-corrected chi connectivity index (χ4v) is 3.38. The first-order chi connectivity index (χ1) is 9.99. The fraction of sp³-hybridized carbons (Fsp3) is 0.500. The van der Waals surface area contributed by atoms with Gasteiger partial charge in [0.1, 0.15) is 11.8 Å². The van der Waals surface area contributed by atoms with Gasteiger partial charge in [-0.05, 0) is 40.0 Å². The van der Waals surface area contributed by atoms with Crippen molar-refractivity contribution in [2.75, 3.05) is 19.1 Å². The van der Waals surface area contributed by atoms with Gasteiger partial charge in [0, 0.05) is 28.8 Å². The largest absolute Gasteiger partial charge is 0.496 e. The number of ether oxygens (including phenoxy) is 1. The quantitative estimate of drug-likeness (QED) is 0.848. The third-order valence-electron chi connectivity index (χ3n) is 3.66. The predicted octanol–water partition coefficient (Wildman–Crippen LogP) is 3.47. The Hall–Kier alpha value is -1.49. The van der Waals surface area contributed by atoms with Gasteiger partial charge in [0.05, 0.1) is 18.5 Å². The second kappa shape index (κ2) is 6.52. The van der Waals surface area contributed by atoms with Crippen LogP contribution in [0.5, 0.6) is 5.75 Å². The van der Waals surface area contributed by atoms with Gasteiger partial charge in [0.15, 0.2) is 0 Å². The lowest BCUT2D eigenvalue weighted by Gasteiger charge is -2.21. The van der Waals surface area contributed by atoms with E-state index in [4.69, 9.17) is 4.74 Å². The summed E-state index contributed by atoms with van der Waals surface area (Å²) < 4.78 is 7.62. The van der Waals surface area contributed by atoms with Crippen molar-refractivity contribution in [2.24, 2.45) is 0 Å². The van der Waals surface area contributed by atoms with Crippen molar-refractivity contribution in [3.05, 3.63) is 40.5 Å². The minimum absolute atomic E-state index is 0.128. The third-order valence-corrected chi connectivity index (χ3v) is 4.31. The average Bonchev–Trinajstić information content (AvgIpc) is 2.76. The van der Waals surface area contributed by atoms with E-state index in [0.717, 1.165) is 39.7 Å². The highest BCUT2D eigenvalue weighted by Crippen LogP contribution is 2.31. The second-order valence-electron chi connectivity index (χ2n) is 5.33. The minimum atomic E-state index is 0.128. The summed E-state index contributed by atoms with van der Waals surface area (Å²) in [5.41, 5.74) is 5.40. The molecule has 0 fully saturated rings. The molecule has 0 saturated carbocycles. The van der Waals surface area contributed by atoms with Gasteiger partial charge in [-0.1, -0.05) is 0 Å². The van der Waals surface area contributed by atoms with Crippen LogP contribution in [0.25, 0.3) is 0 Å². The maximum atomic E-state index is 5.54. The van der Waals surface area contributed by atoms with Gasteiger partial charge < -0.3 is 4.74 Å². The third kappa shape index (κ3) is 3.07. The van der Waals surface area contributed by atoms with E-state index in [1.807, 2.05) is 20.0 Å². The SMILES string of the molecule is COc1c(C)cnc([C@H](CSC)n2nc(C)cc2C)c1C. The van der Waals surface area contributed by atoms with Crippen LogP contribution >= 0.6 is 11.8 Å². The van der Waals surface area contributed by atoms with Gasteiger partial charge in [0.2, 0.25) is 0 Å². The Kier molecular flexibility index (Phi) is 4.93. The lowest BCUT2D eigenvalue weighted by molar-refractivity contribution is 0.405. The molecule has 0 spiro atoms. The molecular formula is C16H23N3OS. The highest BCUT2D eigenvalue weighted by molar-refractivity contribution is 7.98. The summed E-state index contributed by atoms with van der Waals surface area (Å²) >= 11 is 1.80. The van der Waals surface area contributed by atoms with Crippen LogP contribution < -0.4 is 4.74 Å². The molecule has 0 unspecified atom stereocenters. The van der Waals surface area contributed by atoms with Crippen LogP contribution in [-0.2, 0) is 0 Å². The fourth-order valence-electron chi connectivity index (χ4n) is 2.77. The van der Waals surface area contributed by atoms with E-state index in [0.29, 0.717) is 0 Å². The number of hydrogen-bond donors (Lipinski definition) is 0. The summed E-state index contributed by atoms with van der Waals surface area (Å²) in [7, 11) is 1.71. The molecule has 0 bridgehead atoms. The molecule has 21 heavy (non-hydrogen) atoms. The molecule has 0 radical (unpaired) electrons. The molecule has 0 amide bonds. The van der Waals surface area contributed by atoms with Crippen LogP contribution in [-0.4, -0.2) is 33.9 Å². The average molecular weight is 305 g/mol. The number of pyridine rings is 1. The summed E-state index contributed by atoms with van der Waals surface area (Å²) in [6, 6.07) is 2.23. The number of aryl methyl sites for hydroxylation is 3. The summed E-state index contributed by atoms with van der Waals surface area (Å²) in [5.74, 6) is 1.86. The first-order valence-corrected chi connectivity index (χ1v) is 8.40. The van der Waals surface area contributed by atoms with E-state index in [1.54, 1.807) is 18.9 Å². The molecule has 1 atom stereocenters. The first-order valence-electron chi connectivity index (χ1n) is 7.01. The van der Waals surface area contributed by atoms with E-state index in [-0.39, 0.29) is 6.04 Å². The van der Waals surface area contributed by atoms with Crippen LogP contribution in [0.1, 0.15) is 34.3 Å². The highest BCUT2D eigenvalue weighted by atomic mass is 32.2. The van der Waals surface area contributed by atoms with Gasteiger partial charge in [-0.3, -0.25) is 9.67 Å². The van der Waals surface area contributed by atoms with Crippen LogP contribution in [0.3, 0.4) is 0 Å². The van der Waals surface area contributed by atoms with Crippen LogP contribution in [0.4, 0.5) is 0 Å². The van der Waals surface area contributed by atoms with E-state index in [2.05, 4.69) is 40.9 Å². The van der Waals surface area contributed by atoms with E-state index < -0.39 is 0 Å². The summed E-state index contributed by atoms with van der Waals surface area (Å²) in [6.45, 7) is 8.21. The molecule has 2 rings (SSSR count). The van der Waals surface area contributed by atoms with E-state index >= 15 is 0 Å². The normalized spacial score (nSPS) is 12.5. The highest BCUT2D eigenvalue weighted by Gasteiger charge is 2.22. The Balaban J connectivity index is 2.56. The van der Waals surface area contributed by atoms with E-state index in [9.17, 15) is 0 Å². The number of aromatic nitrogens is 3. The Morgan fingerprint density at radius 2 is 2.00 bits per heavy atom. The van der Waals surface area contributed by atoms with Crippen molar-refractivity contribution >= 4 is 11.8 Å². The zero-order valence-corrected chi connectivity index (χ0v) is 14.4. The molecular weight excluding hydrogens is 282 g/mol. The monoisotopic (exact) mass is 305 g/mol. The second-order valence-corrected chi connectivity index (χ2v) is 6.24. The summed E-state index contributed by atoms with van der Waals surface area (Å²) in [4.78, 5) is 4.68. The van der Waals surface area contributed by atoms with Gasteiger partial charge in [-0.25, -0.2) is 0 Å². The molecule has 0 aliphatic rings. The molecule has 2 aromatic heterocycles. The van der Waals surface area contributed by atoms with Gasteiger partial charge in [-0.15, -0.1) is 0 Å². The zero-order valence-electron chi connectivity index (χ0n) is 13.6. The molecule has 114 valence electrons. The maximum Gasteiger partial charge on any atom is 0.128 e. The number of nitrogens with zero attached hydrogens (tertiary/aromatic N) is 3. The predicted molar refractivity (Wildman–Crippen MR) is 88.5 cm³/mol. The molecule has 5 heteroatoms. The van der Waals surface area contributed by atoms with E-state index in [1.165, 1.54) is 0 Å². The van der Waals surface area contributed by atoms with Crippen LogP contribution in [0.2, 0.25) is 0 Å². The molecule has 0 N–H and O–H groups in total. The molecule has 4 nitrogen and oxygen atoms in total.